The van der Waals surface area contributed by atoms with Crippen LogP contribution in [0.2, 0.25) is 5.02 Å². The third-order valence-corrected chi connectivity index (χ3v) is 5.32. The second kappa shape index (κ2) is 7.47. The molecule has 0 unspecified atom stereocenters. The molecule has 1 aliphatic heterocycles. The lowest BCUT2D eigenvalue weighted by Gasteiger charge is -2.14. The summed E-state index contributed by atoms with van der Waals surface area (Å²) in [6.07, 6.45) is 2.18. The molecular weight excluding hydrogens is 365 g/mol. The smallest absolute Gasteiger partial charge is 0.266 e. The summed E-state index contributed by atoms with van der Waals surface area (Å²) < 4.78 is 14.4. The lowest BCUT2D eigenvalue weighted by Crippen LogP contribution is -2.30. The Balaban J connectivity index is 1.78. The van der Waals surface area contributed by atoms with Gasteiger partial charge in [0.25, 0.3) is 5.91 Å². The average molecular weight is 378 g/mol. The van der Waals surface area contributed by atoms with Crippen molar-refractivity contribution in [2.45, 2.75) is 6.42 Å². The van der Waals surface area contributed by atoms with Crippen LogP contribution in [-0.4, -0.2) is 21.7 Å². The molecule has 0 bridgehead atoms. The van der Waals surface area contributed by atoms with Gasteiger partial charge in [0.05, 0.1) is 9.93 Å². The van der Waals surface area contributed by atoms with E-state index in [0.29, 0.717) is 22.2 Å². The molecular formula is C18H13ClFNOS2. The number of rotatable bonds is 4. The van der Waals surface area contributed by atoms with E-state index in [-0.39, 0.29) is 16.5 Å². The summed E-state index contributed by atoms with van der Waals surface area (Å²) in [5.74, 6) is -0.669. The Morgan fingerprint density at radius 2 is 1.92 bits per heavy atom. The highest BCUT2D eigenvalue weighted by atomic mass is 35.5. The molecule has 0 radical (unpaired) electrons. The summed E-state index contributed by atoms with van der Waals surface area (Å²) >= 11 is 12.5. The second-order valence-electron chi connectivity index (χ2n) is 5.20. The highest BCUT2D eigenvalue weighted by Crippen LogP contribution is 2.34. The molecule has 0 atom stereocenters. The number of hydrogen-bond acceptors (Lipinski definition) is 3. The Bertz CT molecular complexity index is 803. The monoisotopic (exact) mass is 377 g/mol. The van der Waals surface area contributed by atoms with Gasteiger partial charge in [-0.05, 0) is 30.2 Å². The summed E-state index contributed by atoms with van der Waals surface area (Å²) in [6, 6.07) is 14.3. The van der Waals surface area contributed by atoms with E-state index < -0.39 is 5.82 Å². The van der Waals surface area contributed by atoms with Gasteiger partial charge >= 0.3 is 0 Å². The number of thioether (sulfide) groups is 1. The average Bonchev–Trinajstić information content (AvgIpc) is 2.84. The standard InChI is InChI=1S/C18H13ClFNOS2/c19-14-7-4-8-15(20)13(14)11-16-17(22)21(18(23)24-16)10-9-12-5-2-1-3-6-12/h1-8,11H,9-10H2/b16-11-. The molecule has 1 aliphatic rings. The van der Waals surface area contributed by atoms with Gasteiger partial charge in [-0.15, -0.1) is 0 Å². The first-order valence-electron chi connectivity index (χ1n) is 7.29. The Morgan fingerprint density at radius 1 is 1.17 bits per heavy atom. The van der Waals surface area contributed by atoms with Gasteiger partial charge in [-0.3, -0.25) is 9.69 Å². The van der Waals surface area contributed by atoms with E-state index in [4.69, 9.17) is 23.8 Å². The van der Waals surface area contributed by atoms with Crippen molar-refractivity contribution in [3.8, 4) is 0 Å². The summed E-state index contributed by atoms with van der Waals surface area (Å²) in [4.78, 5) is 14.5. The molecule has 2 nitrogen and oxygen atoms in total. The number of thiocarbonyl (C=S) groups is 1. The number of halogens is 2. The molecule has 122 valence electrons. The van der Waals surface area contributed by atoms with Crippen LogP contribution in [0.15, 0.2) is 53.4 Å². The second-order valence-corrected chi connectivity index (χ2v) is 7.29. The molecule has 1 saturated heterocycles. The summed E-state index contributed by atoms with van der Waals surface area (Å²) in [7, 11) is 0. The number of carbonyl (C=O) groups is 1. The molecule has 2 aromatic rings. The Hall–Kier alpha value is -1.69. The fraction of sp³-hybridized carbons (Fsp3) is 0.111. The molecule has 0 aromatic heterocycles. The highest BCUT2D eigenvalue weighted by molar-refractivity contribution is 8.26. The zero-order valence-corrected chi connectivity index (χ0v) is 14.9. The first-order chi connectivity index (χ1) is 11.6. The molecule has 1 fully saturated rings. The minimum atomic E-state index is -0.461. The third kappa shape index (κ3) is 3.69. The lowest BCUT2D eigenvalue weighted by atomic mass is 10.1. The number of hydrogen-bond donors (Lipinski definition) is 0. The van der Waals surface area contributed by atoms with Crippen LogP contribution in [0.5, 0.6) is 0 Å². The fourth-order valence-corrected chi connectivity index (χ4v) is 3.87. The third-order valence-electron chi connectivity index (χ3n) is 3.62. The van der Waals surface area contributed by atoms with Gasteiger partial charge in [-0.1, -0.05) is 72.0 Å². The lowest BCUT2D eigenvalue weighted by molar-refractivity contribution is -0.122. The molecule has 0 spiro atoms. The van der Waals surface area contributed by atoms with Crippen LogP contribution in [0.25, 0.3) is 6.08 Å². The number of benzene rings is 2. The van der Waals surface area contributed by atoms with Crippen molar-refractivity contribution in [1.82, 2.24) is 4.90 Å². The molecule has 0 N–H and O–H groups in total. The Kier molecular flexibility index (Phi) is 5.33. The molecule has 0 saturated carbocycles. The summed E-state index contributed by atoms with van der Waals surface area (Å²) in [5.41, 5.74) is 1.34. The van der Waals surface area contributed by atoms with E-state index in [2.05, 4.69) is 0 Å². The maximum Gasteiger partial charge on any atom is 0.266 e. The van der Waals surface area contributed by atoms with Gasteiger partial charge in [0.2, 0.25) is 0 Å². The normalized spacial score (nSPS) is 16.2. The van der Waals surface area contributed by atoms with E-state index in [0.717, 1.165) is 5.56 Å². The maximum absolute atomic E-state index is 13.9. The van der Waals surface area contributed by atoms with Crippen LogP contribution < -0.4 is 0 Å². The van der Waals surface area contributed by atoms with Crippen molar-refractivity contribution in [3.05, 3.63) is 75.4 Å². The fourth-order valence-electron chi connectivity index (χ4n) is 2.36. The first kappa shape index (κ1) is 17.1. The SMILES string of the molecule is O=C1/C(=C/c2c(F)cccc2Cl)SC(=S)N1CCc1ccccc1. The van der Waals surface area contributed by atoms with Gasteiger partial charge in [0, 0.05) is 12.1 Å². The Labute approximate surface area is 154 Å². The molecule has 24 heavy (non-hydrogen) atoms. The van der Waals surface area contributed by atoms with Crippen LogP contribution in [0.1, 0.15) is 11.1 Å². The number of amides is 1. The van der Waals surface area contributed by atoms with E-state index >= 15 is 0 Å². The first-order valence-corrected chi connectivity index (χ1v) is 8.90. The summed E-state index contributed by atoms with van der Waals surface area (Å²) in [6.45, 7) is 0.497. The highest BCUT2D eigenvalue weighted by Gasteiger charge is 2.32. The predicted molar refractivity (Wildman–Crippen MR) is 101 cm³/mol. The zero-order chi connectivity index (χ0) is 17.1. The number of nitrogens with zero attached hydrogens (tertiary/aromatic N) is 1. The van der Waals surface area contributed by atoms with Crippen molar-refractivity contribution in [1.29, 1.82) is 0 Å². The quantitative estimate of drug-likeness (QED) is 0.557. The van der Waals surface area contributed by atoms with Crippen molar-refractivity contribution in [3.63, 3.8) is 0 Å². The van der Waals surface area contributed by atoms with Gasteiger partial charge < -0.3 is 0 Å². The molecule has 2 aromatic carbocycles. The van der Waals surface area contributed by atoms with Gasteiger partial charge in [-0.25, -0.2) is 4.39 Å². The molecule has 1 heterocycles. The van der Waals surface area contributed by atoms with Crippen molar-refractivity contribution >= 4 is 51.9 Å². The van der Waals surface area contributed by atoms with E-state index in [1.54, 1.807) is 11.0 Å². The van der Waals surface area contributed by atoms with Crippen LogP contribution >= 0.6 is 35.6 Å². The van der Waals surface area contributed by atoms with E-state index in [1.165, 1.54) is 30.0 Å². The topological polar surface area (TPSA) is 20.3 Å². The maximum atomic E-state index is 13.9. The minimum Gasteiger partial charge on any atom is -0.293 e. The molecule has 1 amide bonds. The van der Waals surface area contributed by atoms with Crippen LogP contribution in [0.3, 0.4) is 0 Å². The molecule has 3 rings (SSSR count). The predicted octanol–water partition coefficient (Wildman–Crippen LogP) is 4.92. The Morgan fingerprint density at radius 3 is 2.62 bits per heavy atom. The van der Waals surface area contributed by atoms with Crippen molar-refractivity contribution in [2.24, 2.45) is 0 Å². The zero-order valence-electron chi connectivity index (χ0n) is 12.5. The summed E-state index contributed by atoms with van der Waals surface area (Å²) in [5, 5.41) is 0.268. The van der Waals surface area contributed by atoms with Crippen molar-refractivity contribution in [2.75, 3.05) is 6.54 Å². The minimum absolute atomic E-state index is 0.208. The van der Waals surface area contributed by atoms with Gasteiger partial charge in [-0.2, -0.15) is 0 Å². The number of carbonyl (C=O) groups excluding carboxylic acids is 1. The van der Waals surface area contributed by atoms with Crippen molar-refractivity contribution < 1.29 is 9.18 Å². The molecule has 0 aliphatic carbocycles. The molecule has 6 heteroatoms. The van der Waals surface area contributed by atoms with Crippen LogP contribution in [0.4, 0.5) is 4.39 Å². The largest absolute Gasteiger partial charge is 0.293 e. The van der Waals surface area contributed by atoms with Crippen LogP contribution in [0, 0.1) is 5.82 Å². The van der Waals surface area contributed by atoms with Crippen LogP contribution in [-0.2, 0) is 11.2 Å². The van der Waals surface area contributed by atoms with E-state index in [9.17, 15) is 9.18 Å². The van der Waals surface area contributed by atoms with E-state index in [1.807, 2.05) is 30.3 Å². The van der Waals surface area contributed by atoms with Gasteiger partial charge in [0.1, 0.15) is 10.1 Å². The van der Waals surface area contributed by atoms with Gasteiger partial charge in [0.15, 0.2) is 0 Å².